The Morgan fingerprint density at radius 3 is 2.24 bits per heavy atom. The molecule has 1 N–H and O–H groups in total. The van der Waals surface area contributed by atoms with E-state index in [-0.39, 0.29) is 5.91 Å². The van der Waals surface area contributed by atoms with Crippen LogP contribution < -0.4 is 14.8 Å². The monoisotopic (exact) mass is 350 g/mol. The van der Waals surface area contributed by atoms with Gasteiger partial charge in [0.05, 0.1) is 14.2 Å². The number of anilines is 1. The van der Waals surface area contributed by atoms with Crippen molar-refractivity contribution in [2.24, 2.45) is 0 Å². The predicted octanol–water partition coefficient (Wildman–Crippen LogP) is 3.04. The van der Waals surface area contributed by atoms with Crippen LogP contribution in [0.25, 0.3) is 0 Å². The van der Waals surface area contributed by atoms with Gasteiger partial charge in [0, 0.05) is 30.4 Å². The number of ether oxygens (including phenoxy) is 3. The number of nitrogens with one attached hydrogen (secondary N) is 1. The quantitative estimate of drug-likeness (QED) is 0.903. The lowest BCUT2D eigenvalue weighted by Crippen LogP contribution is -2.45. The Bertz CT molecular complexity index is 617. The molecule has 1 heterocycles. The van der Waals surface area contributed by atoms with Gasteiger partial charge in [-0.05, 0) is 33.6 Å². The topological polar surface area (TPSA) is 77.1 Å². The number of methoxy groups -OCH3 is 2. The second-order valence-electron chi connectivity index (χ2n) is 6.92. The van der Waals surface area contributed by atoms with Crippen LogP contribution in [0.4, 0.5) is 10.5 Å². The zero-order valence-electron chi connectivity index (χ0n) is 15.4. The molecule has 2 rings (SSSR count). The van der Waals surface area contributed by atoms with Crippen LogP contribution in [0.5, 0.6) is 11.5 Å². The van der Waals surface area contributed by atoms with Crippen molar-refractivity contribution in [1.29, 1.82) is 0 Å². The van der Waals surface area contributed by atoms with Gasteiger partial charge in [0.2, 0.25) is 5.91 Å². The molecule has 0 spiro atoms. The van der Waals surface area contributed by atoms with E-state index in [1.165, 1.54) is 4.90 Å². The van der Waals surface area contributed by atoms with Crippen LogP contribution >= 0.6 is 0 Å². The summed E-state index contributed by atoms with van der Waals surface area (Å²) in [5.41, 5.74) is -0.0434. The maximum atomic E-state index is 12.7. The second kappa shape index (κ2) is 7.63. The third-order valence-corrected chi connectivity index (χ3v) is 3.80. The first-order valence-corrected chi connectivity index (χ1v) is 8.27. The molecule has 0 unspecified atom stereocenters. The van der Waals surface area contributed by atoms with Gasteiger partial charge in [0.25, 0.3) is 0 Å². The van der Waals surface area contributed by atoms with Crippen LogP contribution in [0.3, 0.4) is 0 Å². The van der Waals surface area contributed by atoms with Crippen LogP contribution in [0.2, 0.25) is 0 Å². The fourth-order valence-electron chi connectivity index (χ4n) is 2.68. The van der Waals surface area contributed by atoms with E-state index in [1.54, 1.807) is 53.2 Å². The van der Waals surface area contributed by atoms with Crippen molar-refractivity contribution in [2.45, 2.75) is 45.3 Å². The maximum absolute atomic E-state index is 12.7. The van der Waals surface area contributed by atoms with Crippen LogP contribution in [-0.4, -0.2) is 49.3 Å². The molecule has 25 heavy (non-hydrogen) atoms. The second-order valence-corrected chi connectivity index (χ2v) is 6.92. The van der Waals surface area contributed by atoms with Crippen molar-refractivity contribution in [3.63, 3.8) is 0 Å². The Hall–Kier alpha value is -2.44. The average molecular weight is 350 g/mol. The van der Waals surface area contributed by atoms with Crippen molar-refractivity contribution in [2.75, 3.05) is 26.1 Å². The number of hydrogen-bond donors (Lipinski definition) is 1. The zero-order valence-corrected chi connectivity index (χ0v) is 15.4. The van der Waals surface area contributed by atoms with E-state index in [1.807, 2.05) is 0 Å². The van der Waals surface area contributed by atoms with Crippen LogP contribution in [0.1, 0.15) is 33.6 Å². The highest BCUT2D eigenvalue weighted by atomic mass is 16.6. The summed E-state index contributed by atoms with van der Waals surface area (Å²) < 4.78 is 15.8. The van der Waals surface area contributed by atoms with Crippen LogP contribution in [-0.2, 0) is 9.53 Å². The van der Waals surface area contributed by atoms with Gasteiger partial charge in [0.15, 0.2) is 0 Å². The van der Waals surface area contributed by atoms with Gasteiger partial charge in [0.1, 0.15) is 23.1 Å². The minimum atomic E-state index is -0.596. The number of likely N-dealkylation sites (tertiary alicyclic amines) is 1. The van der Waals surface area contributed by atoms with E-state index in [9.17, 15) is 9.59 Å². The molecule has 2 amide bonds. The Balaban J connectivity index is 2.10. The molecule has 7 nitrogen and oxygen atoms in total. The number of carbonyl (C=O) groups excluding carboxylic acids is 2. The van der Waals surface area contributed by atoms with Crippen molar-refractivity contribution in [1.82, 2.24) is 4.90 Å². The maximum Gasteiger partial charge on any atom is 0.410 e. The number of rotatable bonds is 4. The molecule has 1 atom stereocenters. The molecule has 0 saturated carbocycles. The average Bonchev–Trinajstić information content (AvgIpc) is 3.02. The van der Waals surface area contributed by atoms with E-state index >= 15 is 0 Å². The van der Waals surface area contributed by atoms with Crippen molar-refractivity contribution >= 4 is 17.7 Å². The molecule has 1 saturated heterocycles. The van der Waals surface area contributed by atoms with Gasteiger partial charge in [-0.15, -0.1) is 0 Å². The molecule has 1 aliphatic rings. The first-order valence-electron chi connectivity index (χ1n) is 8.27. The fourth-order valence-corrected chi connectivity index (χ4v) is 2.68. The van der Waals surface area contributed by atoms with E-state index in [0.717, 1.165) is 6.42 Å². The van der Waals surface area contributed by atoms with Crippen molar-refractivity contribution < 1.29 is 23.8 Å². The summed E-state index contributed by atoms with van der Waals surface area (Å²) in [7, 11) is 3.09. The Labute approximate surface area is 148 Å². The molecule has 138 valence electrons. The third kappa shape index (κ3) is 5.01. The molecule has 1 aromatic carbocycles. The lowest BCUT2D eigenvalue weighted by Gasteiger charge is -2.28. The number of hydrogen-bond acceptors (Lipinski definition) is 5. The summed E-state index contributed by atoms with van der Waals surface area (Å²) in [5.74, 6) is 0.897. The summed E-state index contributed by atoms with van der Waals surface area (Å²) in [4.78, 5) is 26.4. The molecule has 0 aromatic heterocycles. The van der Waals surface area contributed by atoms with Gasteiger partial charge in [-0.1, -0.05) is 0 Å². The van der Waals surface area contributed by atoms with E-state index < -0.39 is 17.7 Å². The largest absolute Gasteiger partial charge is 0.497 e. The molecule has 1 fully saturated rings. The minimum absolute atomic E-state index is 0.251. The van der Waals surface area contributed by atoms with Gasteiger partial charge in [-0.25, -0.2) is 4.79 Å². The zero-order chi connectivity index (χ0) is 18.6. The number of nitrogens with zero attached hydrogens (tertiary/aromatic N) is 1. The fraction of sp³-hybridized carbons (Fsp3) is 0.556. The molecule has 7 heteroatoms. The number of benzene rings is 1. The molecule has 0 aliphatic carbocycles. The number of carbonyl (C=O) groups is 2. The molecule has 0 radical (unpaired) electrons. The Morgan fingerprint density at radius 1 is 1.12 bits per heavy atom. The smallest absolute Gasteiger partial charge is 0.410 e. The summed E-state index contributed by atoms with van der Waals surface area (Å²) in [5, 5.41) is 2.83. The molecule has 0 bridgehead atoms. The molecule has 1 aromatic rings. The SMILES string of the molecule is COc1cc(NC(=O)[C@@H]2CCCN2C(=O)OC(C)(C)C)cc(OC)c1. The standard InChI is InChI=1S/C18H26N2O5/c1-18(2,3)25-17(22)20-8-6-7-15(20)16(21)19-12-9-13(23-4)11-14(10-12)24-5/h9-11,15H,6-8H2,1-5H3,(H,19,21)/t15-/m0/s1. The minimum Gasteiger partial charge on any atom is -0.497 e. The molecular formula is C18H26N2O5. The van der Waals surface area contributed by atoms with E-state index in [4.69, 9.17) is 14.2 Å². The predicted molar refractivity (Wildman–Crippen MR) is 94.1 cm³/mol. The van der Waals surface area contributed by atoms with Gasteiger partial charge in [-0.3, -0.25) is 9.69 Å². The highest BCUT2D eigenvalue weighted by molar-refractivity contribution is 5.97. The van der Waals surface area contributed by atoms with Gasteiger partial charge < -0.3 is 19.5 Å². The normalized spacial score (nSPS) is 17.2. The Morgan fingerprint density at radius 2 is 1.72 bits per heavy atom. The molecular weight excluding hydrogens is 324 g/mol. The molecule has 1 aliphatic heterocycles. The van der Waals surface area contributed by atoms with E-state index in [2.05, 4.69) is 5.32 Å². The first kappa shape index (κ1) is 18.9. The highest BCUT2D eigenvalue weighted by Gasteiger charge is 2.36. The van der Waals surface area contributed by atoms with Gasteiger partial charge >= 0.3 is 6.09 Å². The van der Waals surface area contributed by atoms with Crippen LogP contribution in [0, 0.1) is 0 Å². The highest BCUT2D eigenvalue weighted by Crippen LogP contribution is 2.27. The summed E-state index contributed by atoms with van der Waals surface area (Å²) in [6, 6.07) is 4.57. The first-order chi connectivity index (χ1) is 11.7. The summed E-state index contributed by atoms with van der Waals surface area (Å²) in [6.45, 7) is 5.92. The van der Waals surface area contributed by atoms with E-state index in [0.29, 0.717) is 30.2 Å². The number of amides is 2. The Kier molecular flexibility index (Phi) is 5.77. The lowest BCUT2D eigenvalue weighted by atomic mass is 10.2. The van der Waals surface area contributed by atoms with Crippen LogP contribution in [0.15, 0.2) is 18.2 Å². The lowest BCUT2D eigenvalue weighted by molar-refractivity contribution is -0.120. The van der Waals surface area contributed by atoms with Crippen molar-refractivity contribution in [3.05, 3.63) is 18.2 Å². The van der Waals surface area contributed by atoms with Crippen molar-refractivity contribution in [3.8, 4) is 11.5 Å². The summed E-state index contributed by atoms with van der Waals surface area (Å²) in [6.07, 6.45) is 0.902. The third-order valence-electron chi connectivity index (χ3n) is 3.80. The van der Waals surface area contributed by atoms with Gasteiger partial charge in [-0.2, -0.15) is 0 Å². The summed E-state index contributed by atoms with van der Waals surface area (Å²) >= 11 is 0.